The second-order valence-corrected chi connectivity index (χ2v) is 7.10. The van der Waals surface area contributed by atoms with Crippen LogP contribution in [0.5, 0.6) is 0 Å². The van der Waals surface area contributed by atoms with E-state index in [4.69, 9.17) is 11.6 Å². The third-order valence-electron chi connectivity index (χ3n) is 4.86. The molecule has 2 fully saturated rings. The number of nitrogens with one attached hydrogen (secondary N) is 1. The molecule has 1 aromatic rings. The summed E-state index contributed by atoms with van der Waals surface area (Å²) < 4.78 is 0. The summed E-state index contributed by atoms with van der Waals surface area (Å²) in [7, 11) is 0. The standard InChI is InChI=1S/C18H23ClN4O3/c1-13-12-14(19)4-5-15(13)20-18(26)23-10-8-22(9-11-23)17(25)16(24)21-6-2-3-7-21/h4-5,12H,2-3,6-11H2,1H3,(H,20,26). The summed E-state index contributed by atoms with van der Waals surface area (Å²) >= 11 is 5.93. The molecule has 2 aliphatic rings. The Balaban J connectivity index is 1.52. The largest absolute Gasteiger partial charge is 0.334 e. The van der Waals surface area contributed by atoms with Crippen molar-refractivity contribution in [3.8, 4) is 0 Å². The van der Waals surface area contributed by atoms with Crippen LogP contribution in [0, 0.1) is 6.92 Å². The fourth-order valence-corrected chi connectivity index (χ4v) is 3.49. The molecule has 2 saturated heterocycles. The maximum absolute atomic E-state index is 12.4. The molecule has 140 valence electrons. The molecular formula is C18H23ClN4O3. The number of hydrogen-bond donors (Lipinski definition) is 1. The predicted octanol–water partition coefficient (Wildman–Crippen LogP) is 1.95. The summed E-state index contributed by atoms with van der Waals surface area (Å²) in [5, 5.41) is 3.49. The quantitative estimate of drug-likeness (QED) is 0.759. The van der Waals surface area contributed by atoms with E-state index in [0.29, 0.717) is 50.0 Å². The van der Waals surface area contributed by atoms with E-state index >= 15 is 0 Å². The van der Waals surface area contributed by atoms with Crippen LogP contribution in [0.2, 0.25) is 5.02 Å². The van der Waals surface area contributed by atoms with Crippen LogP contribution in [-0.4, -0.2) is 71.8 Å². The Morgan fingerprint density at radius 1 is 0.885 bits per heavy atom. The zero-order chi connectivity index (χ0) is 18.7. The maximum atomic E-state index is 12.4. The molecule has 0 bridgehead atoms. The molecule has 1 aromatic carbocycles. The average Bonchev–Trinajstić information content (AvgIpc) is 3.17. The van der Waals surface area contributed by atoms with Crippen molar-refractivity contribution in [2.45, 2.75) is 19.8 Å². The number of urea groups is 1. The molecule has 3 rings (SSSR count). The minimum atomic E-state index is -0.458. The fourth-order valence-electron chi connectivity index (χ4n) is 3.26. The van der Waals surface area contributed by atoms with Crippen molar-refractivity contribution < 1.29 is 14.4 Å². The summed E-state index contributed by atoms with van der Waals surface area (Å²) in [6.45, 7) is 4.73. The molecule has 26 heavy (non-hydrogen) atoms. The van der Waals surface area contributed by atoms with Crippen LogP contribution in [-0.2, 0) is 9.59 Å². The highest BCUT2D eigenvalue weighted by Crippen LogP contribution is 2.20. The third kappa shape index (κ3) is 4.09. The van der Waals surface area contributed by atoms with Crippen molar-refractivity contribution in [1.82, 2.24) is 14.7 Å². The number of hydrogen-bond acceptors (Lipinski definition) is 3. The van der Waals surface area contributed by atoms with Gasteiger partial charge < -0.3 is 20.0 Å². The molecule has 0 spiro atoms. The van der Waals surface area contributed by atoms with Gasteiger partial charge in [0, 0.05) is 50.0 Å². The summed E-state index contributed by atoms with van der Waals surface area (Å²) in [5.41, 5.74) is 1.60. The van der Waals surface area contributed by atoms with Gasteiger partial charge in [-0.1, -0.05) is 11.6 Å². The highest BCUT2D eigenvalue weighted by molar-refractivity contribution is 6.35. The molecular weight excluding hydrogens is 356 g/mol. The minimum absolute atomic E-state index is 0.214. The lowest BCUT2D eigenvalue weighted by atomic mass is 10.2. The van der Waals surface area contributed by atoms with E-state index in [1.54, 1.807) is 28.0 Å². The number of rotatable bonds is 1. The van der Waals surface area contributed by atoms with Crippen LogP contribution in [0.4, 0.5) is 10.5 Å². The second-order valence-electron chi connectivity index (χ2n) is 6.67. The second kappa shape index (κ2) is 7.95. The lowest BCUT2D eigenvalue weighted by Crippen LogP contribution is -2.54. The first kappa shape index (κ1) is 18.5. The van der Waals surface area contributed by atoms with Crippen LogP contribution in [0.3, 0.4) is 0 Å². The number of nitrogens with zero attached hydrogens (tertiary/aromatic N) is 3. The van der Waals surface area contributed by atoms with Crippen LogP contribution in [0.15, 0.2) is 18.2 Å². The number of piperazine rings is 1. The first-order valence-corrected chi connectivity index (χ1v) is 9.24. The fraction of sp³-hybridized carbons (Fsp3) is 0.500. The number of benzene rings is 1. The van der Waals surface area contributed by atoms with Gasteiger partial charge in [0.2, 0.25) is 0 Å². The van der Waals surface area contributed by atoms with Gasteiger partial charge in [-0.05, 0) is 43.5 Å². The van der Waals surface area contributed by atoms with Crippen molar-refractivity contribution in [3.05, 3.63) is 28.8 Å². The van der Waals surface area contributed by atoms with Gasteiger partial charge in [-0.15, -0.1) is 0 Å². The lowest BCUT2D eigenvalue weighted by Gasteiger charge is -2.35. The molecule has 7 nitrogen and oxygen atoms in total. The van der Waals surface area contributed by atoms with Gasteiger partial charge in [0.05, 0.1) is 0 Å². The molecule has 0 aliphatic carbocycles. The first-order chi connectivity index (χ1) is 12.5. The van der Waals surface area contributed by atoms with Crippen LogP contribution < -0.4 is 5.32 Å². The molecule has 4 amide bonds. The molecule has 2 aliphatic heterocycles. The van der Waals surface area contributed by atoms with Gasteiger partial charge in [-0.25, -0.2) is 4.79 Å². The molecule has 0 radical (unpaired) electrons. The van der Waals surface area contributed by atoms with Gasteiger partial charge in [0.1, 0.15) is 0 Å². The molecule has 0 atom stereocenters. The van der Waals surface area contributed by atoms with E-state index in [0.717, 1.165) is 18.4 Å². The van der Waals surface area contributed by atoms with E-state index in [2.05, 4.69) is 5.32 Å². The number of halogens is 1. The van der Waals surface area contributed by atoms with Crippen LogP contribution >= 0.6 is 11.6 Å². The zero-order valence-electron chi connectivity index (χ0n) is 14.8. The number of carbonyl (C=O) groups excluding carboxylic acids is 3. The highest BCUT2D eigenvalue weighted by atomic mass is 35.5. The number of amides is 4. The number of likely N-dealkylation sites (tertiary alicyclic amines) is 1. The Morgan fingerprint density at radius 2 is 1.42 bits per heavy atom. The van der Waals surface area contributed by atoms with Gasteiger partial charge in [-0.2, -0.15) is 0 Å². The van der Waals surface area contributed by atoms with Crippen molar-refractivity contribution in [3.63, 3.8) is 0 Å². The Labute approximate surface area is 157 Å². The Bertz CT molecular complexity index is 710. The number of anilines is 1. The Kier molecular flexibility index (Phi) is 5.66. The molecule has 0 unspecified atom stereocenters. The predicted molar refractivity (Wildman–Crippen MR) is 99.2 cm³/mol. The molecule has 2 heterocycles. The van der Waals surface area contributed by atoms with Crippen molar-refractivity contribution in [1.29, 1.82) is 0 Å². The molecule has 0 saturated carbocycles. The first-order valence-electron chi connectivity index (χ1n) is 8.86. The zero-order valence-corrected chi connectivity index (χ0v) is 15.6. The van der Waals surface area contributed by atoms with Crippen LogP contribution in [0.25, 0.3) is 0 Å². The normalized spacial score (nSPS) is 17.4. The van der Waals surface area contributed by atoms with E-state index in [1.807, 2.05) is 6.92 Å². The Hall–Kier alpha value is -2.28. The lowest BCUT2D eigenvalue weighted by molar-refractivity contribution is -0.152. The smallest absolute Gasteiger partial charge is 0.321 e. The third-order valence-corrected chi connectivity index (χ3v) is 5.10. The highest BCUT2D eigenvalue weighted by Gasteiger charge is 2.31. The van der Waals surface area contributed by atoms with Crippen LogP contribution in [0.1, 0.15) is 18.4 Å². The van der Waals surface area contributed by atoms with E-state index in [-0.39, 0.29) is 6.03 Å². The summed E-state index contributed by atoms with van der Waals surface area (Å²) in [6.07, 6.45) is 1.91. The van der Waals surface area contributed by atoms with Gasteiger partial charge in [0.25, 0.3) is 0 Å². The molecule has 8 heteroatoms. The van der Waals surface area contributed by atoms with Crippen molar-refractivity contribution in [2.75, 3.05) is 44.6 Å². The summed E-state index contributed by atoms with van der Waals surface area (Å²) in [6, 6.07) is 5.07. The van der Waals surface area contributed by atoms with Gasteiger partial charge >= 0.3 is 17.8 Å². The van der Waals surface area contributed by atoms with Crippen molar-refractivity contribution >= 4 is 35.1 Å². The topological polar surface area (TPSA) is 73.0 Å². The Morgan fingerprint density at radius 3 is 2.00 bits per heavy atom. The molecule has 0 aromatic heterocycles. The average molecular weight is 379 g/mol. The number of aryl methyl sites for hydroxylation is 1. The van der Waals surface area contributed by atoms with E-state index in [9.17, 15) is 14.4 Å². The maximum Gasteiger partial charge on any atom is 0.321 e. The van der Waals surface area contributed by atoms with Gasteiger partial charge in [-0.3, -0.25) is 9.59 Å². The van der Waals surface area contributed by atoms with E-state index < -0.39 is 11.8 Å². The number of carbonyl (C=O) groups is 3. The summed E-state index contributed by atoms with van der Waals surface area (Å²) in [4.78, 5) is 41.8. The van der Waals surface area contributed by atoms with E-state index in [1.165, 1.54) is 4.90 Å². The van der Waals surface area contributed by atoms with Crippen molar-refractivity contribution in [2.24, 2.45) is 0 Å². The monoisotopic (exact) mass is 378 g/mol. The SMILES string of the molecule is Cc1cc(Cl)ccc1NC(=O)N1CCN(C(=O)C(=O)N2CCCC2)CC1. The molecule has 1 N–H and O–H groups in total. The summed E-state index contributed by atoms with van der Waals surface area (Å²) in [5.74, 6) is -0.877. The minimum Gasteiger partial charge on any atom is -0.334 e. The van der Waals surface area contributed by atoms with Gasteiger partial charge in [0.15, 0.2) is 0 Å².